The van der Waals surface area contributed by atoms with E-state index in [-0.39, 0.29) is 11.3 Å². The second-order valence-electron chi connectivity index (χ2n) is 6.57. The number of rotatable bonds is 2. The van der Waals surface area contributed by atoms with Crippen molar-refractivity contribution in [3.05, 3.63) is 29.8 Å². The highest BCUT2D eigenvalue weighted by Gasteiger charge is 2.37. The van der Waals surface area contributed by atoms with E-state index in [2.05, 4.69) is 0 Å². The zero-order valence-electron chi connectivity index (χ0n) is 12.7. The summed E-state index contributed by atoms with van der Waals surface area (Å²) in [5.41, 5.74) is 7.08. The van der Waals surface area contributed by atoms with Gasteiger partial charge in [-0.3, -0.25) is 9.59 Å². The Balaban J connectivity index is 2.38. The first-order chi connectivity index (χ1) is 9.73. The number of hydrogen-bond donors (Lipinski definition) is 2. The Labute approximate surface area is 124 Å². The second kappa shape index (κ2) is 5.48. The average Bonchev–Trinajstić information content (AvgIpc) is 2.43. The molecular formula is C16H22N2O3. The summed E-state index contributed by atoms with van der Waals surface area (Å²) in [5, 5.41) is 9.32. The van der Waals surface area contributed by atoms with Crippen LogP contribution in [-0.2, 0) is 9.59 Å². The molecule has 1 aliphatic rings. The van der Waals surface area contributed by atoms with Crippen molar-refractivity contribution < 1.29 is 14.7 Å². The van der Waals surface area contributed by atoms with Gasteiger partial charge in [-0.25, -0.2) is 0 Å². The summed E-state index contributed by atoms with van der Waals surface area (Å²) in [6.07, 6.45) is 0.412. The zero-order valence-corrected chi connectivity index (χ0v) is 12.7. The van der Waals surface area contributed by atoms with Crippen molar-refractivity contribution in [2.75, 3.05) is 11.4 Å². The highest BCUT2D eigenvalue weighted by molar-refractivity contribution is 5.99. The van der Waals surface area contributed by atoms with Gasteiger partial charge in [0, 0.05) is 12.2 Å². The van der Waals surface area contributed by atoms with E-state index in [4.69, 9.17) is 5.73 Å². The van der Waals surface area contributed by atoms with Gasteiger partial charge in [-0.05, 0) is 23.5 Å². The average molecular weight is 290 g/mol. The van der Waals surface area contributed by atoms with Gasteiger partial charge in [0.25, 0.3) is 0 Å². The van der Waals surface area contributed by atoms with Crippen molar-refractivity contribution in [3.8, 4) is 0 Å². The molecule has 1 aromatic carbocycles. The Morgan fingerprint density at radius 3 is 2.52 bits per heavy atom. The van der Waals surface area contributed by atoms with E-state index in [1.54, 1.807) is 23.1 Å². The maximum atomic E-state index is 12.6. The molecule has 0 aliphatic carbocycles. The lowest BCUT2D eigenvalue weighted by Crippen LogP contribution is -2.52. The molecule has 114 valence electrons. The largest absolute Gasteiger partial charge is 0.481 e. The minimum absolute atomic E-state index is 0.154. The standard InChI is InChI=1S/C16H22N2O3/c1-16(2,3)13(17)14(19)18-9-8-11(15(20)21)10-6-4-5-7-12(10)18/h4-7,11,13H,8-9,17H2,1-3H3,(H,20,21)/t11?,13-/m0/s1. The molecule has 1 amide bonds. The molecule has 1 heterocycles. The highest BCUT2D eigenvalue weighted by Crippen LogP contribution is 2.36. The number of benzene rings is 1. The third-order valence-electron chi connectivity index (χ3n) is 4.01. The summed E-state index contributed by atoms with van der Waals surface area (Å²) in [6.45, 7) is 6.15. The van der Waals surface area contributed by atoms with Gasteiger partial charge in [-0.1, -0.05) is 39.0 Å². The minimum atomic E-state index is -0.852. The fraction of sp³-hybridized carbons (Fsp3) is 0.500. The van der Waals surface area contributed by atoms with Crippen LogP contribution in [0.25, 0.3) is 0 Å². The molecule has 1 aliphatic heterocycles. The molecule has 0 spiro atoms. The number of nitrogens with zero attached hydrogens (tertiary/aromatic N) is 1. The summed E-state index contributed by atoms with van der Waals surface area (Å²) >= 11 is 0. The van der Waals surface area contributed by atoms with Crippen LogP contribution in [0, 0.1) is 5.41 Å². The van der Waals surface area contributed by atoms with Gasteiger partial charge in [0.2, 0.25) is 5.91 Å². The molecule has 2 atom stereocenters. The van der Waals surface area contributed by atoms with Gasteiger partial charge in [-0.2, -0.15) is 0 Å². The molecular weight excluding hydrogens is 268 g/mol. The number of amides is 1. The molecule has 0 bridgehead atoms. The highest BCUT2D eigenvalue weighted by atomic mass is 16.4. The third-order valence-corrected chi connectivity index (χ3v) is 4.01. The Kier molecular flexibility index (Phi) is 4.05. The number of nitrogens with two attached hydrogens (primary N) is 1. The first-order valence-electron chi connectivity index (χ1n) is 7.12. The fourth-order valence-electron chi connectivity index (χ4n) is 2.59. The molecule has 0 radical (unpaired) electrons. The second-order valence-corrected chi connectivity index (χ2v) is 6.57. The van der Waals surface area contributed by atoms with E-state index in [0.29, 0.717) is 24.2 Å². The molecule has 1 unspecified atom stereocenters. The van der Waals surface area contributed by atoms with Gasteiger partial charge in [0.15, 0.2) is 0 Å². The van der Waals surface area contributed by atoms with E-state index < -0.39 is 17.9 Å². The van der Waals surface area contributed by atoms with E-state index in [0.717, 1.165) is 0 Å². The lowest BCUT2D eigenvalue weighted by Gasteiger charge is -2.37. The minimum Gasteiger partial charge on any atom is -0.481 e. The maximum absolute atomic E-state index is 12.6. The fourth-order valence-corrected chi connectivity index (χ4v) is 2.59. The van der Waals surface area contributed by atoms with Crippen molar-refractivity contribution >= 4 is 17.6 Å². The molecule has 5 nitrogen and oxygen atoms in total. The van der Waals surface area contributed by atoms with E-state index in [1.165, 1.54) is 0 Å². The molecule has 5 heteroatoms. The van der Waals surface area contributed by atoms with E-state index in [9.17, 15) is 14.7 Å². The maximum Gasteiger partial charge on any atom is 0.311 e. The number of aliphatic carboxylic acids is 1. The Hall–Kier alpha value is -1.88. The lowest BCUT2D eigenvalue weighted by atomic mass is 9.84. The van der Waals surface area contributed by atoms with Crippen molar-refractivity contribution in [1.82, 2.24) is 0 Å². The topological polar surface area (TPSA) is 83.6 Å². The normalized spacial score (nSPS) is 19.8. The van der Waals surface area contributed by atoms with Crippen LogP contribution in [0.5, 0.6) is 0 Å². The zero-order chi connectivity index (χ0) is 15.8. The summed E-state index contributed by atoms with van der Waals surface area (Å²) in [6, 6.07) is 6.55. The monoisotopic (exact) mass is 290 g/mol. The summed E-state index contributed by atoms with van der Waals surface area (Å²) in [5.74, 6) is -1.57. The number of para-hydroxylation sites is 1. The van der Waals surface area contributed by atoms with Crippen LogP contribution < -0.4 is 10.6 Å². The molecule has 1 aromatic rings. The molecule has 0 fully saturated rings. The smallest absolute Gasteiger partial charge is 0.311 e. The SMILES string of the molecule is CC(C)(C)[C@@H](N)C(=O)N1CCC(C(=O)O)c2ccccc21. The van der Waals surface area contributed by atoms with Crippen molar-refractivity contribution in [1.29, 1.82) is 0 Å². The molecule has 3 N–H and O–H groups in total. The van der Waals surface area contributed by atoms with Crippen molar-refractivity contribution in [2.45, 2.75) is 39.2 Å². The summed E-state index contributed by atoms with van der Waals surface area (Å²) < 4.78 is 0. The van der Waals surface area contributed by atoms with Crippen LogP contribution >= 0.6 is 0 Å². The Morgan fingerprint density at radius 2 is 1.95 bits per heavy atom. The Morgan fingerprint density at radius 1 is 1.33 bits per heavy atom. The number of hydrogen-bond acceptors (Lipinski definition) is 3. The van der Waals surface area contributed by atoms with Crippen LogP contribution in [-0.4, -0.2) is 29.6 Å². The van der Waals surface area contributed by atoms with Gasteiger partial charge in [0.05, 0.1) is 12.0 Å². The predicted octanol–water partition coefficient (Wildman–Crippen LogP) is 1.96. The number of anilines is 1. The van der Waals surface area contributed by atoms with Crippen LogP contribution in [0.2, 0.25) is 0 Å². The molecule has 2 rings (SSSR count). The van der Waals surface area contributed by atoms with Crippen molar-refractivity contribution in [2.24, 2.45) is 11.1 Å². The molecule has 0 saturated carbocycles. The molecule has 21 heavy (non-hydrogen) atoms. The van der Waals surface area contributed by atoms with Crippen molar-refractivity contribution in [3.63, 3.8) is 0 Å². The first-order valence-corrected chi connectivity index (χ1v) is 7.12. The number of carboxylic acids is 1. The van der Waals surface area contributed by atoms with Gasteiger partial charge >= 0.3 is 5.97 Å². The number of carbonyl (C=O) groups is 2. The van der Waals surface area contributed by atoms with Gasteiger partial charge in [-0.15, -0.1) is 0 Å². The number of carbonyl (C=O) groups excluding carboxylic acids is 1. The predicted molar refractivity (Wildman–Crippen MR) is 81.2 cm³/mol. The third kappa shape index (κ3) is 2.93. The lowest BCUT2D eigenvalue weighted by molar-refractivity contribution is -0.139. The molecule has 0 aromatic heterocycles. The van der Waals surface area contributed by atoms with Crippen LogP contribution in [0.1, 0.15) is 38.7 Å². The van der Waals surface area contributed by atoms with E-state index in [1.807, 2.05) is 26.8 Å². The Bertz CT molecular complexity index is 563. The first kappa shape index (κ1) is 15.5. The van der Waals surface area contributed by atoms with Crippen LogP contribution in [0.15, 0.2) is 24.3 Å². The summed E-state index contributed by atoms with van der Waals surface area (Å²) in [7, 11) is 0. The number of carboxylic acid groups (broad SMARTS) is 1. The number of fused-ring (bicyclic) bond motifs is 1. The van der Waals surface area contributed by atoms with Crippen LogP contribution in [0.4, 0.5) is 5.69 Å². The van der Waals surface area contributed by atoms with E-state index >= 15 is 0 Å². The quantitative estimate of drug-likeness (QED) is 0.872. The van der Waals surface area contributed by atoms with Crippen LogP contribution in [0.3, 0.4) is 0 Å². The van der Waals surface area contributed by atoms with Gasteiger partial charge < -0.3 is 15.7 Å². The molecule has 0 saturated heterocycles. The summed E-state index contributed by atoms with van der Waals surface area (Å²) in [4.78, 5) is 25.6. The van der Waals surface area contributed by atoms with Gasteiger partial charge in [0.1, 0.15) is 0 Å².